The molecule has 0 bridgehead atoms. The standard InChI is InChI=1S/C36H41N3O5S/c1-5-28(3)37-36(41)34(24-29-15-8-6-9-16-29)38(25-30-17-13-12-14-27(30)2)35(40)26-39(45(4,42)43)31-20-22-33(23-21-31)44-32-18-10-7-11-19-32/h6-23,28,34H,5,24-26H2,1-4H3,(H,37,41)/t28-,34+/m1/s1. The Bertz CT molecular complexity index is 1660. The molecule has 0 aliphatic heterocycles. The number of carbonyl (C=O) groups excluding carboxylic acids is 2. The van der Waals surface area contributed by atoms with Gasteiger partial charge in [0.25, 0.3) is 0 Å². The number of hydrogen-bond donors (Lipinski definition) is 1. The van der Waals surface area contributed by atoms with Gasteiger partial charge in [-0.3, -0.25) is 13.9 Å². The molecule has 0 radical (unpaired) electrons. The first-order valence-electron chi connectivity index (χ1n) is 15.0. The lowest BCUT2D eigenvalue weighted by atomic mass is 10.0. The van der Waals surface area contributed by atoms with Crippen LogP contribution in [0.3, 0.4) is 0 Å². The molecule has 0 aromatic heterocycles. The fraction of sp³-hybridized carbons (Fsp3) is 0.278. The summed E-state index contributed by atoms with van der Waals surface area (Å²) < 4.78 is 33.1. The van der Waals surface area contributed by atoms with E-state index < -0.39 is 28.5 Å². The van der Waals surface area contributed by atoms with Crippen LogP contribution in [0.25, 0.3) is 0 Å². The summed E-state index contributed by atoms with van der Waals surface area (Å²) in [5, 5.41) is 3.05. The number of ether oxygens (including phenoxy) is 1. The topological polar surface area (TPSA) is 96.0 Å². The van der Waals surface area contributed by atoms with Crippen molar-refractivity contribution in [1.82, 2.24) is 10.2 Å². The number of nitrogens with one attached hydrogen (secondary N) is 1. The molecule has 45 heavy (non-hydrogen) atoms. The third-order valence-electron chi connectivity index (χ3n) is 7.66. The monoisotopic (exact) mass is 627 g/mol. The zero-order valence-corrected chi connectivity index (χ0v) is 27.0. The molecule has 2 amide bonds. The summed E-state index contributed by atoms with van der Waals surface area (Å²) in [6, 6.07) is 32.0. The van der Waals surface area contributed by atoms with Crippen molar-refractivity contribution in [2.45, 2.75) is 52.2 Å². The number of para-hydroxylation sites is 1. The van der Waals surface area contributed by atoms with Gasteiger partial charge in [0.1, 0.15) is 24.1 Å². The highest BCUT2D eigenvalue weighted by molar-refractivity contribution is 7.92. The molecule has 0 saturated heterocycles. The Hall–Kier alpha value is -4.63. The van der Waals surface area contributed by atoms with E-state index in [0.29, 0.717) is 17.2 Å². The van der Waals surface area contributed by atoms with Gasteiger partial charge in [-0.2, -0.15) is 0 Å². The van der Waals surface area contributed by atoms with E-state index in [2.05, 4.69) is 5.32 Å². The molecule has 0 heterocycles. The Labute approximate surface area is 266 Å². The first-order valence-corrected chi connectivity index (χ1v) is 16.9. The molecule has 0 aliphatic rings. The molecule has 4 aromatic carbocycles. The Morgan fingerprint density at radius 3 is 2.00 bits per heavy atom. The third kappa shape index (κ3) is 9.43. The van der Waals surface area contributed by atoms with Crippen LogP contribution in [0.1, 0.15) is 37.0 Å². The molecule has 0 saturated carbocycles. The Morgan fingerprint density at radius 2 is 1.40 bits per heavy atom. The van der Waals surface area contributed by atoms with Crippen molar-refractivity contribution in [3.05, 3.63) is 126 Å². The van der Waals surface area contributed by atoms with Gasteiger partial charge in [0, 0.05) is 19.0 Å². The summed E-state index contributed by atoms with van der Waals surface area (Å²) in [5.41, 5.74) is 3.03. The Balaban J connectivity index is 1.69. The second-order valence-electron chi connectivity index (χ2n) is 11.2. The van der Waals surface area contributed by atoms with Crippen LogP contribution in [0, 0.1) is 6.92 Å². The lowest BCUT2D eigenvalue weighted by Gasteiger charge is -2.34. The smallest absolute Gasteiger partial charge is 0.244 e. The minimum Gasteiger partial charge on any atom is -0.457 e. The third-order valence-corrected chi connectivity index (χ3v) is 8.80. The SMILES string of the molecule is CC[C@@H](C)NC(=O)[C@H](Cc1ccccc1)N(Cc1ccccc1C)C(=O)CN(c1ccc(Oc2ccccc2)cc1)S(C)(=O)=O. The van der Waals surface area contributed by atoms with Gasteiger partial charge in [0.05, 0.1) is 11.9 Å². The molecule has 0 spiro atoms. The van der Waals surface area contributed by atoms with E-state index in [1.807, 2.05) is 106 Å². The Morgan fingerprint density at radius 1 is 0.822 bits per heavy atom. The summed E-state index contributed by atoms with van der Waals surface area (Å²) in [6.07, 6.45) is 2.06. The van der Waals surface area contributed by atoms with Gasteiger partial charge in [-0.25, -0.2) is 8.42 Å². The number of hydrogen-bond acceptors (Lipinski definition) is 5. The number of rotatable bonds is 14. The first kappa shape index (κ1) is 33.3. The van der Waals surface area contributed by atoms with Crippen LogP contribution < -0.4 is 14.4 Å². The van der Waals surface area contributed by atoms with Crippen molar-refractivity contribution in [2.24, 2.45) is 0 Å². The van der Waals surface area contributed by atoms with Crippen LogP contribution in [0.2, 0.25) is 0 Å². The molecule has 0 unspecified atom stereocenters. The fourth-order valence-corrected chi connectivity index (χ4v) is 5.73. The van der Waals surface area contributed by atoms with Gasteiger partial charge < -0.3 is 15.0 Å². The van der Waals surface area contributed by atoms with E-state index in [4.69, 9.17) is 4.74 Å². The van der Waals surface area contributed by atoms with Crippen LogP contribution >= 0.6 is 0 Å². The molecule has 4 aromatic rings. The van der Waals surface area contributed by atoms with E-state index >= 15 is 0 Å². The predicted molar refractivity (Wildman–Crippen MR) is 179 cm³/mol. The molecule has 0 fully saturated rings. The maximum atomic E-state index is 14.3. The van der Waals surface area contributed by atoms with E-state index in [1.165, 1.54) is 4.90 Å². The minimum atomic E-state index is -3.88. The number of sulfonamides is 1. The van der Waals surface area contributed by atoms with Crippen LogP contribution in [0.5, 0.6) is 11.5 Å². The van der Waals surface area contributed by atoms with E-state index in [9.17, 15) is 18.0 Å². The molecule has 8 nitrogen and oxygen atoms in total. The van der Waals surface area contributed by atoms with Crippen LogP contribution in [-0.2, 0) is 32.6 Å². The number of anilines is 1. The lowest BCUT2D eigenvalue weighted by Crippen LogP contribution is -2.54. The van der Waals surface area contributed by atoms with Crippen molar-refractivity contribution < 1.29 is 22.7 Å². The molecule has 9 heteroatoms. The average molecular weight is 628 g/mol. The first-order chi connectivity index (χ1) is 21.5. The molecule has 1 N–H and O–H groups in total. The van der Waals surface area contributed by atoms with E-state index in [-0.39, 0.29) is 24.9 Å². The lowest BCUT2D eigenvalue weighted by molar-refractivity contribution is -0.140. The van der Waals surface area contributed by atoms with Gasteiger partial charge in [-0.15, -0.1) is 0 Å². The summed E-state index contributed by atoms with van der Waals surface area (Å²) in [7, 11) is -3.88. The second kappa shape index (κ2) is 15.4. The summed E-state index contributed by atoms with van der Waals surface area (Å²) in [5.74, 6) is 0.389. The van der Waals surface area contributed by atoms with Crippen molar-refractivity contribution >= 4 is 27.5 Å². The number of carbonyl (C=O) groups is 2. The fourth-order valence-electron chi connectivity index (χ4n) is 4.88. The van der Waals surface area contributed by atoms with Crippen LogP contribution in [0.4, 0.5) is 5.69 Å². The zero-order chi connectivity index (χ0) is 32.4. The largest absolute Gasteiger partial charge is 0.457 e. The van der Waals surface area contributed by atoms with Gasteiger partial charge in [-0.05, 0) is 73.4 Å². The summed E-state index contributed by atoms with van der Waals surface area (Å²) in [6.45, 7) is 5.50. The highest BCUT2D eigenvalue weighted by Crippen LogP contribution is 2.26. The summed E-state index contributed by atoms with van der Waals surface area (Å²) in [4.78, 5) is 29.6. The molecular formula is C36H41N3O5S. The van der Waals surface area contributed by atoms with Gasteiger partial charge >= 0.3 is 0 Å². The number of benzene rings is 4. The van der Waals surface area contributed by atoms with Crippen LogP contribution in [-0.4, -0.2) is 50.0 Å². The van der Waals surface area contributed by atoms with E-state index in [0.717, 1.165) is 33.7 Å². The predicted octanol–water partition coefficient (Wildman–Crippen LogP) is 6.11. The molecule has 236 valence electrons. The normalized spacial score (nSPS) is 12.5. The number of aryl methyl sites for hydroxylation is 1. The number of amides is 2. The molecule has 2 atom stereocenters. The molecule has 0 aliphatic carbocycles. The Kier molecular flexibility index (Phi) is 11.4. The van der Waals surface area contributed by atoms with Gasteiger partial charge in [-0.1, -0.05) is 79.7 Å². The quantitative estimate of drug-likeness (QED) is 0.182. The van der Waals surface area contributed by atoms with Crippen LogP contribution in [0.15, 0.2) is 109 Å². The highest BCUT2D eigenvalue weighted by Gasteiger charge is 2.33. The summed E-state index contributed by atoms with van der Waals surface area (Å²) >= 11 is 0. The van der Waals surface area contributed by atoms with Crippen molar-refractivity contribution in [2.75, 3.05) is 17.1 Å². The van der Waals surface area contributed by atoms with Crippen molar-refractivity contribution in [1.29, 1.82) is 0 Å². The zero-order valence-electron chi connectivity index (χ0n) is 26.2. The second-order valence-corrected chi connectivity index (χ2v) is 13.1. The highest BCUT2D eigenvalue weighted by atomic mass is 32.2. The minimum absolute atomic E-state index is 0.102. The van der Waals surface area contributed by atoms with Gasteiger partial charge in [0.15, 0.2) is 0 Å². The number of nitrogens with zero attached hydrogens (tertiary/aromatic N) is 2. The maximum absolute atomic E-state index is 14.3. The van der Waals surface area contributed by atoms with Crippen molar-refractivity contribution in [3.8, 4) is 11.5 Å². The van der Waals surface area contributed by atoms with Gasteiger partial charge in [0.2, 0.25) is 21.8 Å². The van der Waals surface area contributed by atoms with Crippen molar-refractivity contribution in [3.63, 3.8) is 0 Å². The molecule has 4 rings (SSSR count). The van der Waals surface area contributed by atoms with E-state index in [1.54, 1.807) is 24.3 Å². The molecular weight excluding hydrogens is 586 g/mol. The average Bonchev–Trinajstić information content (AvgIpc) is 3.03. The maximum Gasteiger partial charge on any atom is 0.244 e.